The molecule has 0 radical (unpaired) electrons. The van der Waals surface area contributed by atoms with Crippen molar-refractivity contribution in [3.63, 3.8) is 0 Å². The van der Waals surface area contributed by atoms with E-state index in [1.54, 1.807) is 36.1 Å². The number of thiocarbonyl (C=S) groups is 1. The van der Waals surface area contributed by atoms with Crippen LogP contribution >= 0.6 is 12.2 Å². The third-order valence-electron chi connectivity index (χ3n) is 6.35. The summed E-state index contributed by atoms with van der Waals surface area (Å²) in [5.41, 5.74) is 3.13. The Labute approximate surface area is 228 Å². The van der Waals surface area contributed by atoms with Crippen LogP contribution in [0.3, 0.4) is 0 Å². The Morgan fingerprint density at radius 3 is 2.18 bits per heavy atom. The molecule has 0 aromatic heterocycles. The number of hydrogen-bond donors (Lipinski definition) is 1. The third-order valence-corrected chi connectivity index (χ3v) is 6.81. The van der Waals surface area contributed by atoms with Crippen molar-refractivity contribution in [1.29, 1.82) is 0 Å². The second kappa shape index (κ2) is 13.0. The highest BCUT2D eigenvalue weighted by atomic mass is 32.1. The quantitative estimate of drug-likeness (QED) is 0.283. The minimum Gasteiger partial charge on any atom is -0.462 e. The molecule has 1 saturated heterocycles. The number of rotatable bonds is 11. The Balaban J connectivity index is 1.44. The minimum absolute atomic E-state index is 0.0325. The molecule has 0 aliphatic carbocycles. The summed E-state index contributed by atoms with van der Waals surface area (Å²) >= 11 is 5.74. The average Bonchev–Trinajstić information content (AvgIpc) is 3.14. The Hall–Kier alpha value is -4.04. The van der Waals surface area contributed by atoms with Crippen LogP contribution in [0.1, 0.15) is 41.3 Å². The third kappa shape index (κ3) is 6.83. The van der Waals surface area contributed by atoms with Gasteiger partial charge in [-0.05, 0) is 67.4 Å². The number of carbonyl (C=O) groups excluding carboxylic acids is 3. The molecule has 0 bridgehead atoms. The molecule has 2 amide bonds. The summed E-state index contributed by atoms with van der Waals surface area (Å²) in [6.07, 6.45) is 1.61. The van der Waals surface area contributed by atoms with Crippen LogP contribution in [0.5, 0.6) is 0 Å². The number of esters is 1. The number of benzene rings is 3. The number of aryl methyl sites for hydroxylation is 1. The molecule has 1 atom stereocenters. The number of hydrogen-bond acceptors (Lipinski definition) is 5. The van der Waals surface area contributed by atoms with Gasteiger partial charge in [0.15, 0.2) is 5.11 Å². The fourth-order valence-electron chi connectivity index (χ4n) is 4.45. The van der Waals surface area contributed by atoms with Crippen LogP contribution in [0.4, 0.5) is 5.69 Å². The Bertz CT molecular complexity index is 1270. The summed E-state index contributed by atoms with van der Waals surface area (Å²) in [4.78, 5) is 41.9. The van der Waals surface area contributed by atoms with Crippen LogP contribution in [-0.4, -0.2) is 51.9 Å². The first-order valence-corrected chi connectivity index (χ1v) is 13.1. The van der Waals surface area contributed by atoms with Crippen molar-refractivity contribution in [3.05, 3.63) is 102 Å². The van der Waals surface area contributed by atoms with E-state index in [0.29, 0.717) is 29.5 Å². The van der Waals surface area contributed by atoms with Crippen LogP contribution in [0.2, 0.25) is 0 Å². The van der Waals surface area contributed by atoms with Crippen molar-refractivity contribution in [3.8, 4) is 0 Å². The van der Waals surface area contributed by atoms with Crippen molar-refractivity contribution in [2.24, 2.45) is 0 Å². The van der Waals surface area contributed by atoms with E-state index in [0.717, 1.165) is 18.4 Å². The first-order chi connectivity index (χ1) is 18.5. The molecule has 1 aliphatic heterocycles. The van der Waals surface area contributed by atoms with Gasteiger partial charge in [0.1, 0.15) is 6.04 Å². The monoisotopic (exact) mass is 529 g/mol. The summed E-state index contributed by atoms with van der Waals surface area (Å²) in [5, 5.41) is 3.29. The van der Waals surface area contributed by atoms with Crippen molar-refractivity contribution >= 4 is 40.8 Å². The van der Waals surface area contributed by atoms with Gasteiger partial charge in [0.05, 0.1) is 25.1 Å². The predicted molar refractivity (Wildman–Crippen MR) is 150 cm³/mol. The van der Waals surface area contributed by atoms with Crippen molar-refractivity contribution in [2.45, 2.75) is 38.8 Å². The van der Waals surface area contributed by atoms with Gasteiger partial charge in [-0.15, -0.1) is 0 Å². The van der Waals surface area contributed by atoms with Crippen LogP contribution in [0.25, 0.3) is 0 Å². The Kier molecular flexibility index (Phi) is 9.21. The molecule has 1 aliphatic rings. The number of ether oxygens (including phenoxy) is 1. The van der Waals surface area contributed by atoms with E-state index in [-0.39, 0.29) is 24.8 Å². The lowest BCUT2D eigenvalue weighted by atomic mass is 10.1. The summed E-state index contributed by atoms with van der Waals surface area (Å²) < 4.78 is 5.00. The summed E-state index contributed by atoms with van der Waals surface area (Å²) in [6.45, 7) is 2.96. The van der Waals surface area contributed by atoms with Crippen molar-refractivity contribution in [1.82, 2.24) is 9.80 Å². The van der Waals surface area contributed by atoms with E-state index in [9.17, 15) is 14.4 Å². The number of nitrogens with one attached hydrogen (secondary N) is 1. The fourth-order valence-corrected chi connectivity index (χ4v) is 4.82. The molecule has 0 saturated carbocycles. The van der Waals surface area contributed by atoms with Crippen LogP contribution in [0, 0.1) is 0 Å². The van der Waals surface area contributed by atoms with E-state index in [1.807, 2.05) is 53.4 Å². The molecule has 196 valence electrons. The van der Waals surface area contributed by atoms with E-state index in [2.05, 4.69) is 17.4 Å². The second-order valence-electron chi connectivity index (χ2n) is 9.04. The van der Waals surface area contributed by atoms with Crippen molar-refractivity contribution < 1.29 is 19.1 Å². The number of carbonyl (C=O) groups is 3. The van der Waals surface area contributed by atoms with Gasteiger partial charge in [0, 0.05) is 12.2 Å². The van der Waals surface area contributed by atoms with Crippen LogP contribution in [0.15, 0.2) is 84.9 Å². The lowest BCUT2D eigenvalue weighted by Gasteiger charge is -2.24. The molecule has 3 aromatic carbocycles. The normalized spacial score (nSPS) is 15.0. The highest BCUT2D eigenvalue weighted by molar-refractivity contribution is 7.80. The molecule has 3 aromatic rings. The van der Waals surface area contributed by atoms with Crippen LogP contribution < -0.4 is 5.32 Å². The van der Waals surface area contributed by atoms with Gasteiger partial charge in [-0.3, -0.25) is 14.5 Å². The zero-order valence-electron chi connectivity index (χ0n) is 21.3. The van der Waals surface area contributed by atoms with E-state index in [4.69, 9.17) is 17.0 Å². The SMILES string of the molecule is CCOC(=O)c1ccc(NC(=O)CC2C(=O)N(Cc3ccccc3)C(=S)N2CCCc2ccccc2)cc1. The maximum absolute atomic E-state index is 13.5. The second-order valence-corrected chi connectivity index (χ2v) is 9.41. The lowest BCUT2D eigenvalue weighted by Crippen LogP contribution is -2.38. The zero-order chi connectivity index (χ0) is 26.9. The summed E-state index contributed by atoms with van der Waals surface area (Å²) in [7, 11) is 0. The minimum atomic E-state index is -0.680. The summed E-state index contributed by atoms with van der Waals surface area (Å²) in [5.74, 6) is -0.892. The molecule has 1 heterocycles. The molecule has 1 unspecified atom stereocenters. The highest BCUT2D eigenvalue weighted by Crippen LogP contribution is 2.24. The molecular weight excluding hydrogens is 498 g/mol. The fraction of sp³-hybridized carbons (Fsp3) is 0.267. The maximum Gasteiger partial charge on any atom is 0.338 e. The standard InChI is InChI=1S/C30H31N3O4S/c1-2-37-29(36)24-15-17-25(18-16-24)31-27(34)20-26-28(35)33(21-23-12-7-4-8-13-23)30(38)32(26)19-9-14-22-10-5-3-6-11-22/h3-8,10-13,15-18,26H,2,9,14,19-21H2,1H3,(H,31,34). The number of nitrogens with zero attached hydrogens (tertiary/aromatic N) is 2. The topological polar surface area (TPSA) is 78.9 Å². The van der Waals surface area contributed by atoms with Crippen molar-refractivity contribution in [2.75, 3.05) is 18.5 Å². The van der Waals surface area contributed by atoms with Gasteiger partial charge in [-0.2, -0.15) is 0 Å². The molecule has 7 nitrogen and oxygen atoms in total. The average molecular weight is 530 g/mol. The highest BCUT2D eigenvalue weighted by Gasteiger charge is 2.42. The molecule has 0 spiro atoms. The predicted octanol–water partition coefficient (Wildman–Crippen LogP) is 4.82. The van der Waals surface area contributed by atoms with Gasteiger partial charge in [-0.25, -0.2) is 4.79 Å². The van der Waals surface area contributed by atoms with Gasteiger partial charge in [-0.1, -0.05) is 60.7 Å². The molecular formula is C30H31N3O4S. The first kappa shape index (κ1) is 27.0. The molecule has 38 heavy (non-hydrogen) atoms. The molecule has 4 rings (SSSR count). The zero-order valence-corrected chi connectivity index (χ0v) is 22.2. The Morgan fingerprint density at radius 1 is 0.921 bits per heavy atom. The molecule has 8 heteroatoms. The van der Waals surface area contributed by atoms with E-state index in [1.165, 1.54) is 5.56 Å². The number of amides is 2. The van der Waals surface area contributed by atoms with Gasteiger partial charge < -0.3 is 15.0 Å². The Morgan fingerprint density at radius 2 is 1.55 bits per heavy atom. The van der Waals surface area contributed by atoms with E-state index >= 15 is 0 Å². The van der Waals surface area contributed by atoms with E-state index < -0.39 is 12.0 Å². The summed E-state index contributed by atoms with van der Waals surface area (Å²) in [6, 6.07) is 25.6. The lowest BCUT2D eigenvalue weighted by molar-refractivity contribution is -0.131. The molecule has 1 fully saturated rings. The first-order valence-electron chi connectivity index (χ1n) is 12.7. The van der Waals surface area contributed by atoms with Crippen LogP contribution in [-0.2, 0) is 27.3 Å². The van der Waals surface area contributed by atoms with Gasteiger partial charge in [0.25, 0.3) is 5.91 Å². The molecule has 1 N–H and O–H groups in total. The van der Waals surface area contributed by atoms with Gasteiger partial charge >= 0.3 is 5.97 Å². The smallest absolute Gasteiger partial charge is 0.338 e. The largest absolute Gasteiger partial charge is 0.462 e. The maximum atomic E-state index is 13.5. The van der Waals surface area contributed by atoms with Gasteiger partial charge in [0.2, 0.25) is 5.91 Å². The number of anilines is 1.